The normalized spacial score (nSPS) is 11.3. The Bertz CT molecular complexity index is 1920. The van der Waals surface area contributed by atoms with Gasteiger partial charge >= 0.3 is 0 Å². The maximum absolute atomic E-state index is 3.68. The molecule has 0 bridgehead atoms. The molecule has 0 radical (unpaired) electrons. The van der Waals surface area contributed by atoms with Gasteiger partial charge in [0.2, 0.25) is 0 Å². The Morgan fingerprint density at radius 3 is 1.63 bits per heavy atom. The van der Waals surface area contributed by atoms with E-state index in [0.717, 1.165) is 10.2 Å². The lowest BCUT2D eigenvalue weighted by Gasteiger charge is -2.14. The number of fused-ring (bicyclic) bond motifs is 3. The number of hydrogen-bond donors (Lipinski definition) is 0. The Balaban J connectivity index is 1.50. The summed E-state index contributed by atoms with van der Waals surface area (Å²) in [4.78, 5) is 0. The highest BCUT2D eigenvalue weighted by atomic mass is 79.9. The Morgan fingerprint density at radius 2 is 0.895 bits per heavy atom. The number of halogens is 1. The Hall–Kier alpha value is -4.40. The molecule has 0 saturated carbocycles. The van der Waals surface area contributed by atoms with Crippen molar-refractivity contribution >= 4 is 37.7 Å². The van der Waals surface area contributed by atoms with E-state index in [1.807, 2.05) is 0 Å². The van der Waals surface area contributed by atoms with Gasteiger partial charge in [0.1, 0.15) is 0 Å². The number of benzene rings is 6. The van der Waals surface area contributed by atoms with Crippen LogP contribution in [0.5, 0.6) is 0 Å². The molecule has 0 saturated heterocycles. The fourth-order valence-electron chi connectivity index (χ4n) is 5.44. The molecule has 38 heavy (non-hydrogen) atoms. The number of para-hydroxylation sites is 1. The summed E-state index contributed by atoms with van der Waals surface area (Å²) in [6.07, 6.45) is 0. The minimum absolute atomic E-state index is 1.09. The van der Waals surface area contributed by atoms with Crippen molar-refractivity contribution in [1.82, 2.24) is 4.57 Å². The largest absolute Gasteiger partial charge is 0.309 e. The first-order chi connectivity index (χ1) is 18.7. The Kier molecular flexibility index (Phi) is 5.68. The molecule has 7 aromatic rings. The van der Waals surface area contributed by atoms with E-state index >= 15 is 0 Å². The molecule has 1 aromatic heterocycles. The maximum Gasteiger partial charge on any atom is 0.0541 e. The first-order valence-corrected chi connectivity index (χ1v) is 13.6. The van der Waals surface area contributed by atoms with Gasteiger partial charge < -0.3 is 4.57 Å². The van der Waals surface area contributed by atoms with Crippen LogP contribution < -0.4 is 0 Å². The highest BCUT2D eigenvalue weighted by Crippen LogP contribution is 2.37. The van der Waals surface area contributed by atoms with Gasteiger partial charge in [-0.15, -0.1) is 0 Å². The predicted molar refractivity (Wildman–Crippen MR) is 165 cm³/mol. The smallest absolute Gasteiger partial charge is 0.0541 e. The topological polar surface area (TPSA) is 4.93 Å². The van der Waals surface area contributed by atoms with E-state index < -0.39 is 0 Å². The van der Waals surface area contributed by atoms with Crippen LogP contribution in [-0.2, 0) is 0 Å². The third-order valence-corrected chi connectivity index (χ3v) is 7.71. The molecule has 0 aliphatic heterocycles. The van der Waals surface area contributed by atoms with Crippen molar-refractivity contribution in [2.45, 2.75) is 0 Å². The van der Waals surface area contributed by atoms with Gasteiger partial charge in [-0.1, -0.05) is 113 Å². The molecule has 0 atom stereocenters. The van der Waals surface area contributed by atoms with Crippen LogP contribution >= 0.6 is 15.9 Å². The minimum atomic E-state index is 1.09. The lowest BCUT2D eigenvalue weighted by molar-refractivity contribution is 1.18. The summed E-state index contributed by atoms with van der Waals surface area (Å²) >= 11 is 3.68. The molecule has 0 aliphatic carbocycles. The van der Waals surface area contributed by atoms with Crippen LogP contribution in [0.4, 0.5) is 0 Å². The number of hydrogen-bond acceptors (Lipinski definition) is 0. The Labute approximate surface area is 230 Å². The molecule has 0 aliphatic rings. The molecule has 0 N–H and O–H groups in total. The first-order valence-electron chi connectivity index (χ1n) is 12.8. The zero-order valence-electron chi connectivity index (χ0n) is 20.7. The highest BCUT2D eigenvalue weighted by molar-refractivity contribution is 9.10. The standard InChI is InChI=1S/C36H24BrN/c37-31-18-19-36-34(24-31)33-16-7-8-17-35(33)38(36)32-22-29(26-12-5-2-6-13-26)21-30(23-32)28-15-9-14-27(20-28)25-10-3-1-4-11-25/h1-24H. The molecule has 2 heteroatoms. The maximum atomic E-state index is 3.68. The van der Waals surface area contributed by atoms with Crippen LogP contribution in [0, 0.1) is 0 Å². The van der Waals surface area contributed by atoms with Crippen molar-refractivity contribution in [2.75, 3.05) is 0 Å². The number of rotatable bonds is 4. The fraction of sp³-hybridized carbons (Fsp3) is 0. The summed E-state index contributed by atoms with van der Waals surface area (Å²) in [5, 5.41) is 2.49. The fourth-order valence-corrected chi connectivity index (χ4v) is 5.80. The molecule has 1 heterocycles. The van der Waals surface area contributed by atoms with Crippen LogP contribution in [0.25, 0.3) is 60.9 Å². The van der Waals surface area contributed by atoms with Crippen LogP contribution in [0.1, 0.15) is 0 Å². The molecule has 1 nitrogen and oxygen atoms in total. The zero-order valence-corrected chi connectivity index (χ0v) is 22.3. The summed E-state index contributed by atoms with van der Waals surface area (Å²) in [7, 11) is 0. The lowest BCUT2D eigenvalue weighted by Crippen LogP contribution is -1.96. The van der Waals surface area contributed by atoms with Gasteiger partial charge in [0.25, 0.3) is 0 Å². The van der Waals surface area contributed by atoms with Crippen LogP contribution in [0.15, 0.2) is 150 Å². The van der Waals surface area contributed by atoms with Crippen molar-refractivity contribution in [3.05, 3.63) is 150 Å². The van der Waals surface area contributed by atoms with Gasteiger partial charge in [0, 0.05) is 20.9 Å². The van der Waals surface area contributed by atoms with Crippen LogP contribution in [0.2, 0.25) is 0 Å². The summed E-state index contributed by atoms with van der Waals surface area (Å²) in [5.74, 6) is 0. The zero-order chi connectivity index (χ0) is 25.5. The van der Waals surface area contributed by atoms with E-state index in [1.165, 1.54) is 55.2 Å². The minimum Gasteiger partial charge on any atom is -0.309 e. The molecule has 0 fully saturated rings. The van der Waals surface area contributed by atoms with Gasteiger partial charge in [-0.2, -0.15) is 0 Å². The van der Waals surface area contributed by atoms with Gasteiger partial charge in [-0.05, 0) is 81.9 Å². The molecule has 7 rings (SSSR count). The first kappa shape index (κ1) is 22.8. The van der Waals surface area contributed by atoms with E-state index in [0.29, 0.717) is 0 Å². The van der Waals surface area contributed by atoms with Gasteiger partial charge in [0.05, 0.1) is 11.0 Å². The molecule has 6 aromatic carbocycles. The third-order valence-electron chi connectivity index (χ3n) is 7.22. The summed E-state index contributed by atoms with van der Waals surface area (Å²) < 4.78 is 3.48. The van der Waals surface area contributed by atoms with Crippen molar-refractivity contribution < 1.29 is 0 Å². The second kappa shape index (κ2) is 9.48. The average Bonchev–Trinajstić information content (AvgIpc) is 3.31. The number of aromatic nitrogens is 1. The molecule has 0 unspecified atom stereocenters. The monoisotopic (exact) mass is 549 g/mol. The average molecular weight is 550 g/mol. The van der Waals surface area contributed by atoms with Crippen molar-refractivity contribution in [1.29, 1.82) is 0 Å². The van der Waals surface area contributed by atoms with Crippen molar-refractivity contribution in [2.24, 2.45) is 0 Å². The molecule has 0 spiro atoms. The molecular weight excluding hydrogens is 526 g/mol. The SMILES string of the molecule is Brc1ccc2c(c1)c1ccccc1n2-c1cc(-c2ccccc2)cc(-c2cccc(-c3ccccc3)c2)c1. The van der Waals surface area contributed by atoms with Crippen LogP contribution in [-0.4, -0.2) is 4.57 Å². The van der Waals surface area contributed by atoms with Crippen molar-refractivity contribution in [3.63, 3.8) is 0 Å². The van der Waals surface area contributed by atoms with E-state index in [1.54, 1.807) is 0 Å². The van der Waals surface area contributed by atoms with Gasteiger partial charge in [-0.25, -0.2) is 0 Å². The highest BCUT2D eigenvalue weighted by Gasteiger charge is 2.15. The second-order valence-electron chi connectivity index (χ2n) is 9.60. The second-order valence-corrected chi connectivity index (χ2v) is 10.5. The molecule has 0 amide bonds. The van der Waals surface area contributed by atoms with E-state index in [4.69, 9.17) is 0 Å². The lowest BCUT2D eigenvalue weighted by atomic mass is 9.95. The summed E-state index contributed by atoms with van der Waals surface area (Å²) in [5.41, 5.74) is 10.8. The van der Waals surface area contributed by atoms with Crippen molar-refractivity contribution in [3.8, 4) is 39.1 Å². The van der Waals surface area contributed by atoms with E-state index in [9.17, 15) is 0 Å². The summed E-state index contributed by atoms with van der Waals surface area (Å²) in [6, 6.07) is 52.3. The quantitative estimate of drug-likeness (QED) is 0.205. The van der Waals surface area contributed by atoms with Gasteiger partial charge in [-0.3, -0.25) is 0 Å². The Morgan fingerprint density at radius 1 is 0.368 bits per heavy atom. The molecular formula is C36H24BrN. The third kappa shape index (κ3) is 4.04. The number of nitrogens with zero attached hydrogens (tertiary/aromatic N) is 1. The summed E-state index contributed by atoms with van der Waals surface area (Å²) in [6.45, 7) is 0. The van der Waals surface area contributed by atoms with Gasteiger partial charge in [0.15, 0.2) is 0 Å². The molecule has 180 valence electrons. The van der Waals surface area contributed by atoms with Crippen LogP contribution in [0.3, 0.4) is 0 Å². The van der Waals surface area contributed by atoms with E-state index in [2.05, 4.69) is 166 Å². The predicted octanol–water partition coefficient (Wildman–Crippen LogP) is 10.5. The van der Waals surface area contributed by atoms with E-state index in [-0.39, 0.29) is 0 Å².